The van der Waals surface area contributed by atoms with E-state index in [1.165, 1.54) is 7.11 Å². The molecule has 0 saturated heterocycles. The maximum Gasteiger partial charge on any atom is 0.309 e. The van der Waals surface area contributed by atoms with E-state index < -0.39 is 42.6 Å². The number of aliphatic hydroxyl groups excluding tert-OH is 2. The number of hydrogen-bond acceptors (Lipinski definition) is 18. The number of aliphatic hydroxyl groups is 2. The molecule has 0 heterocycles. The summed E-state index contributed by atoms with van der Waals surface area (Å²) in [5, 5.41) is 42.5. The first kappa shape index (κ1) is 91.1. The highest BCUT2D eigenvalue weighted by atomic mass is 16.6. The average Bonchev–Trinajstić information content (AvgIpc) is 0.803. The van der Waals surface area contributed by atoms with Crippen molar-refractivity contribution in [3.05, 3.63) is 170 Å². The molecule has 6 rings (SSSR count). The number of hydrogen-bond donors (Lipinski definition) is 4. The van der Waals surface area contributed by atoms with Crippen LogP contribution in [-0.2, 0) is 42.8 Å². The monoisotopic (exact) mass is 1410 g/mol. The first-order valence-corrected chi connectivity index (χ1v) is 34.1. The highest BCUT2D eigenvalue weighted by Gasteiger charge is 2.34. The zero-order valence-corrected chi connectivity index (χ0v) is 61.9. The molecule has 6 aromatic rings. The quantitative estimate of drug-likeness (QED) is 0.0217. The summed E-state index contributed by atoms with van der Waals surface area (Å²) in [6.45, 7) is 35.5. The SMILES string of the molecule is C.C.C.CCOC(C)CC(=O)OCC(Oc1ccc(C)cc1OC)C(Oc1ccc(C(OC(=O)CC(C)OCC)C(C)C)cc1)c1cc(C)c(O)c(C(C)C)c1.COC(=O)CC(C)OC.Cc1ccc(OC(CO)C(Oc2ccc(C(O)C(C)C)cc2)c2cc(C)c(O)c(C(C)C)c2)c(C)c1. The summed E-state index contributed by atoms with van der Waals surface area (Å²) < 4.78 is 64.0. The number of phenolic OH excluding ortho intramolecular Hbond substituents is 2. The Bertz CT molecular complexity index is 3390. The fraction of sp³-hybridized carbons (Fsp3) is 0.530. The molecule has 0 fully saturated rings. The van der Waals surface area contributed by atoms with E-state index >= 15 is 0 Å². The summed E-state index contributed by atoms with van der Waals surface area (Å²) in [5.74, 6) is 2.47. The van der Waals surface area contributed by atoms with Crippen LogP contribution in [0.25, 0.3) is 0 Å². The molecule has 0 spiro atoms. The van der Waals surface area contributed by atoms with Crippen LogP contribution in [0.3, 0.4) is 0 Å². The number of rotatable bonds is 34. The number of phenols is 2. The van der Waals surface area contributed by atoms with E-state index in [2.05, 4.69) is 4.74 Å². The van der Waals surface area contributed by atoms with Gasteiger partial charge in [-0.25, -0.2) is 0 Å². The molecule has 9 unspecified atom stereocenters. The molecule has 18 nitrogen and oxygen atoms in total. The topological polar surface area (TPSA) is 234 Å². The van der Waals surface area contributed by atoms with Gasteiger partial charge in [0, 0.05) is 20.3 Å². The predicted molar refractivity (Wildman–Crippen MR) is 402 cm³/mol. The number of carbonyl (C=O) groups is 3. The van der Waals surface area contributed by atoms with Crippen LogP contribution in [0.4, 0.5) is 0 Å². The molecule has 0 saturated carbocycles. The van der Waals surface area contributed by atoms with E-state index in [9.17, 15) is 34.8 Å². The first-order chi connectivity index (χ1) is 46.4. The number of carbonyl (C=O) groups excluding carboxylic acids is 3. The normalized spacial score (nSPS) is 13.7. The Labute approximate surface area is 605 Å². The van der Waals surface area contributed by atoms with Crippen molar-refractivity contribution < 1.29 is 86.9 Å². The molecular weight excluding hydrogens is 1280 g/mol. The summed E-state index contributed by atoms with van der Waals surface area (Å²) in [5.41, 5.74) is 9.24. The van der Waals surface area contributed by atoms with E-state index in [0.717, 1.165) is 55.6 Å². The maximum atomic E-state index is 13.0. The van der Waals surface area contributed by atoms with Gasteiger partial charge in [-0.2, -0.15) is 0 Å². The number of benzene rings is 6. The summed E-state index contributed by atoms with van der Waals surface area (Å²) in [6.07, 6.45) is -4.09. The van der Waals surface area contributed by atoms with Gasteiger partial charge in [-0.15, -0.1) is 0 Å². The largest absolute Gasteiger partial charge is 0.507 e. The minimum atomic E-state index is -0.863. The fourth-order valence-electron chi connectivity index (χ4n) is 10.8. The third-order valence-corrected chi connectivity index (χ3v) is 16.4. The fourth-order valence-corrected chi connectivity index (χ4v) is 10.8. The Morgan fingerprint density at radius 2 is 0.891 bits per heavy atom. The van der Waals surface area contributed by atoms with Crippen molar-refractivity contribution in [2.24, 2.45) is 11.8 Å². The minimum Gasteiger partial charge on any atom is -0.507 e. The second-order valence-corrected chi connectivity index (χ2v) is 26.3. The molecule has 0 amide bonds. The van der Waals surface area contributed by atoms with E-state index in [1.807, 2.05) is 234 Å². The highest BCUT2D eigenvalue weighted by molar-refractivity contribution is 5.71. The molecule has 9 atom stereocenters. The highest BCUT2D eigenvalue weighted by Crippen LogP contribution is 2.40. The van der Waals surface area contributed by atoms with Gasteiger partial charge in [0.15, 0.2) is 35.9 Å². The minimum absolute atomic E-state index is 0. The molecule has 564 valence electrons. The molecular formula is C83H124O18. The van der Waals surface area contributed by atoms with Crippen molar-refractivity contribution in [2.75, 3.05) is 47.8 Å². The Kier molecular flexibility index (Phi) is 40.8. The molecule has 0 radical (unpaired) electrons. The molecule has 0 bridgehead atoms. The Morgan fingerprint density at radius 1 is 0.446 bits per heavy atom. The molecule has 0 aromatic heterocycles. The van der Waals surface area contributed by atoms with Crippen LogP contribution in [-0.4, -0.2) is 117 Å². The van der Waals surface area contributed by atoms with Crippen LogP contribution in [0, 0.1) is 46.5 Å². The standard InChI is InChI=1S/C43H60O10.C31H40O5.C6H12O3.3CH4/c1-12-48-30(9)22-39(44)50-25-38(52-36-19-14-28(7)20-37(36)47-11)43(33-21-29(8)41(46)35(24-33)26(3)4)51-34-17-15-32(16-18-34)42(27(5)6)53-40(45)23-31(10)49-13-2;1-18(2)26-16-24(15-22(7)30(26)34)31(28(17-32)36-27-13-8-20(5)14-21(27)6)35-25-11-9-23(10-12-25)29(33)19(3)4;1-5(8-2)4-6(7)9-3;;;/h14-21,24,26-27,30-31,38,42-43,46H,12-13,22-23,25H2,1-11H3;8-16,18-19,28-29,31-34H,17H2,1-7H3;5H,4H2,1-3H3;3*1H4. The Hall–Kier alpha value is -7.87. The van der Waals surface area contributed by atoms with E-state index in [-0.39, 0.29) is 114 Å². The lowest BCUT2D eigenvalue weighted by Crippen LogP contribution is -2.35. The summed E-state index contributed by atoms with van der Waals surface area (Å²) in [7, 11) is 4.50. The summed E-state index contributed by atoms with van der Waals surface area (Å²) in [6, 6.07) is 33.9. The second kappa shape index (κ2) is 45.2. The van der Waals surface area contributed by atoms with Crippen molar-refractivity contribution in [3.8, 4) is 40.2 Å². The lowest BCUT2D eigenvalue weighted by Gasteiger charge is -2.30. The third kappa shape index (κ3) is 28.8. The van der Waals surface area contributed by atoms with Crippen LogP contribution in [0.1, 0.15) is 229 Å². The predicted octanol–water partition coefficient (Wildman–Crippen LogP) is 18.3. The van der Waals surface area contributed by atoms with Crippen LogP contribution in [0.5, 0.6) is 40.2 Å². The van der Waals surface area contributed by atoms with Gasteiger partial charge in [-0.1, -0.05) is 126 Å². The zero-order valence-electron chi connectivity index (χ0n) is 61.9. The average molecular weight is 1410 g/mol. The molecule has 0 aliphatic carbocycles. The van der Waals surface area contributed by atoms with Crippen molar-refractivity contribution in [1.82, 2.24) is 0 Å². The lowest BCUT2D eigenvalue weighted by atomic mass is 9.93. The van der Waals surface area contributed by atoms with Gasteiger partial charge in [-0.3, -0.25) is 14.4 Å². The lowest BCUT2D eigenvalue weighted by molar-refractivity contribution is -0.154. The van der Waals surface area contributed by atoms with Gasteiger partial charge < -0.3 is 72.5 Å². The van der Waals surface area contributed by atoms with Gasteiger partial charge in [0.2, 0.25) is 0 Å². The second-order valence-electron chi connectivity index (χ2n) is 26.3. The summed E-state index contributed by atoms with van der Waals surface area (Å²) in [4.78, 5) is 36.3. The van der Waals surface area contributed by atoms with Gasteiger partial charge in [0.05, 0.1) is 64.5 Å². The number of ether oxygens (including phenoxy) is 11. The first-order valence-electron chi connectivity index (χ1n) is 34.1. The number of aryl methyl sites for hydroxylation is 5. The van der Waals surface area contributed by atoms with Crippen LogP contribution in [0.2, 0.25) is 0 Å². The molecule has 101 heavy (non-hydrogen) atoms. The number of esters is 3. The Balaban J connectivity index is 0.000000918. The van der Waals surface area contributed by atoms with Crippen molar-refractivity contribution in [3.63, 3.8) is 0 Å². The van der Waals surface area contributed by atoms with E-state index in [0.29, 0.717) is 53.9 Å². The molecule has 4 N–H and O–H groups in total. The van der Waals surface area contributed by atoms with Crippen LogP contribution >= 0.6 is 0 Å². The molecule has 0 aliphatic heterocycles. The van der Waals surface area contributed by atoms with E-state index in [4.69, 9.17) is 47.4 Å². The Morgan fingerprint density at radius 3 is 1.32 bits per heavy atom. The summed E-state index contributed by atoms with van der Waals surface area (Å²) >= 11 is 0. The maximum absolute atomic E-state index is 13.0. The van der Waals surface area contributed by atoms with Crippen LogP contribution in [0.15, 0.2) is 109 Å². The van der Waals surface area contributed by atoms with Gasteiger partial charge in [0.25, 0.3) is 0 Å². The van der Waals surface area contributed by atoms with Crippen LogP contribution < -0.4 is 23.7 Å². The van der Waals surface area contributed by atoms with Gasteiger partial charge in [0.1, 0.15) is 41.5 Å². The zero-order chi connectivity index (χ0) is 73.1. The third-order valence-electron chi connectivity index (χ3n) is 16.4. The molecule has 0 aliphatic rings. The van der Waals surface area contributed by atoms with Gasteiger partial charge >= 0.3 is 17.9 Å². The van der Waals surface area contributed by atoms with Crippen molar-refractivity contribution >= 4 is 17.9 Å². The molecule has 6 aromatic carbocycles. The van der Waals surface area contributed by atoms with Gasteiger partial charge in [-0.05, 0) is 215 Å². The number of methoxy groups -OCH3 is 3. The smallest absolute Gasteiger partial charge is 0.309 e. The van der Waals surface area contributed by atoms with Crippen molar-refractivity contribution in [1.29, 1.82) is 0 Å². The molecule has 18 heteroatoms. The van der Waals surface area contributed by atoms with E-state index in [1.54, 1.807) is 14.2 Å². The van der Waals surface area contributed by atoms with Crippen molar-refractivity contribution in [2.45, 2.75) is 233 Å². The number of aromatic hydroxyl groups is 2.